The van der Waals surface area contributed by atoms with E-state index in [0.29, 0.717) is 0 Å². The van der Waals surface area contributed by atoms with Crippen molar-refractivity contribution in [3.63, 3.8) is 0 Å². The van der Waals surface area contributed by atoms with Crippen molar-refractivity contribution in [2.45, 2.75) is 33.2 Å². The predicted octanol–water partition coefficient (Wildman–Crippen LogP) is 3.71. The summed E-state index contributed by atoms with van der Waals surface area (Å²) in [5.74, 6) is 0. The first-order chi connectivity index (χ1) is 8.76. The Labute approximate surface area is 113 Å². The molecule has 1 unspecified atom stereocenters. The monoisotopic (exact) mass is 260 g/mol. The van der Waals surface area contributed by atoms with Crippen molar-refractivity contribution in [2.24, 2.45) is 0 Å². The highest BCUT2D eigenvalue weighted by Gasteiger charge is 2.17. The van der Waals surface area contributed by atoms with Crippen LogP contribution < -0.4 is 5.32 Å². The molecule has 18 heavy (non-hydrogen) atoms. The molecule has 2 aromatic rings. The van der Waals surface area contributed by atoms with Gasteiger partial charge in [-0.3, -0.25) is 4.98 Å². The number of aromatic nitrogens is 1. The van der Waals surface area contributed by atoms with Crippen molar-refractivity contribution >= 4 is 11.3 Å². The normalized spacial score (nSPS) is 12.6. The van der Waals surface area contributed by atoms with Crippen LogP contribution in [0.5, 0.6) is 0 Å². The molecule has 96 valence electrons. The quantitative estimate of drug-likeness (QED) is 0.886. The molecule has 2 heterocycles. The summed E-state index contributed by atoms with van der Waals surface area (Å²) in [6.07, 6.45) is 4.96. The molecule has 1 atom stereocenters. The topological polar surface area (TPSA) is 24.9 Å². The van der Waals surface area contributed by atoms with Gasteiger partial charge in [-0.15, -0.1) is 11.3 Å². The van der Waals surface area contributed by atoms with Crippen LogP contribution in [0, 0.1) is 6.92 Å². The molecule has 0 amide bonds. The molecule has 2 rings (SSSR count). The lowest BCUT2D eigenvalue weighted by Gasteiger charge is -2.18. The molecule has 3 heteroatoms. The molecular formula is C15H20N2S. The second-order valence-corrected chi connectivity index (χ2v) is 5.40. The first-order valence-corrected chi connectivity index (χ1v) is 7.35. The molecule has 0 fully saturated rings. The number of thiophene rings is 1. The van der Waals surface area contributed by atoms with Crippen LogP contribution >= 0.6 is 11.3 Å². The molecule has 0 aliphatic heterocycles. The second-order valence-electron chi connectivity index (χ2n) is 4.45. The fraction of sp³-hybridized carbons (Fsp3) is 0.400. The Morgan fingerprint density at radius 3 is 2.83 bits per heavy atom. The summed E-state index contributed by atoms with van der Waals surface area (Å²) in [7, 11) is 0. The van der Waals surface area contributed by atoms with Crippen molar-refractivity contribution in [1.82, 2.24) is 10.3 Å². The number of pyridine rings is 1. The summed E-state index contributed by atoms with van der Waals surface area (Å²) < 4.78 is 0. The smallest absolute Gasteiger partial charge is 0.0688 e. The lowest BCUT2D eigenvalue weighted by atomic mass is 10.0. The van der Waals surface area contributed by atoms with E-state index in [2.05, 4.69) is 48.6 Å². The van der Waals surface area contributed by atoms with Gasteiger partial charge in [0, 0.05) is 17.3 Å². The Morgan fingerprint density at radius 2 is 2.17 bits per heavy atom. The lowest BCUT2D eigenvalue weighted by molar-refractivity contribution is 0.633. The number of aryl methyl sites for hydroxylation is 2. The third-order valence-corrected chi connectivity index (χ3v) is 4.09. The first-order valence-electron chi connectivity index (χ1n) is 6.47. The number of hydrogen-bond donors (Lipinski definition) is 1. The van der Waals surface area contributed by atoms with E-state index >= 15 is 0 Å². The molecule has 0 bridgehead atoms. The number of nitrogens with one attached hydrogen (secondary N) is 1. The summed E-state index contributed by atoms with van der Waals surface area (Å²) in [4.78, 5) is 5.74. The maximum Gasteiger partial charge on any atom is 0.0688 e. The molecule has 0 spiro atoms. The highest BCUT2D eigenvalue weighted by molar-refractivity contribution is 7.10. The van der Waals surface area contributed by atoms with Crippen LogP contribution in [0.4, 0.5) is 0 Å². The van der Waals surface area contributed by atoms with Gasteiger partial charge in [0.15, 0.2) is 0 Å². The fourth-order valence-electron chi connectivity index (χ4n) is 2.20. The zero-order chi connectivity index (χ0) is 13.0. The van der Waals surface area contributed by atoms with Gasteiger partial charge in [-0.1, -0.05) is 19.9 Å². The van der Waals surface area contributed by atoms with Gasteiger partial charge >= 0.3 is 0 Å². The summed E-state index contributed by atoms with van der Waals surface area (Å²) in [6.45, 7) is 7.41. The highest BCUT2D eigenvalue weighted by atomic mass is 32.1. The third-order valence-electron chi connectivity index (χ3n) is 3.06. The van der Waals surface area contributed by atoms with E-state index in [9.17, 15) is 0 Å². The first kappa shape index (κ1) is 13.2. The average molecular weight is 260 g/mol. The Morgan fingerprint density at radius 1 is 1.33 bits per heavy atom. The fourth-order valence-corrected chi connectivity index (χ4v) is 3.29. The molecule has 1 N–H and O–H groups in total. The molecule has 0 saturated carbocycles. The van der Waals surface area contributed by atoms with E-state index in [1.807, 2.05) is 23.7 Å². The Balaban J connectivity index is 2.39. The summed E-state index contributed by atoms with van der Waals surface area (Å²) >= 11 is 1.83. The lowest BCUT2D eigenvalue weighted by Crippen LogP contribution is -2.22. The van der Waals surface area contributed by atoms with Crippen LogP contribution in [-0.4, -0.2) is 11.5 Å². The second kappa shape index (κ2) is 6.12. The molecule has 2 aromatic heterocycles. The van der Waals surface area contributed by atoms with Gasteiger partial charge in [0.1, 0.15) is 0 Å². The minimum Gasteiger partial charge on any atom is -0.306 e. The molecule has 0 saturated heterocycles. The molecule has 0 aliphatic rings. The minimum absolute atomic E-state index is 0.275. The molecule has 0 aromatic carbocycles. The summed E-state index contributed by atoms with van der Waals surface area (Å²) in [5, 5.41) is 5.76. The summed E-state index contributed by atoms with van der Waals surface area (Å²) in [5.41, 5.74) is 3.91. The van der Waals surface area contributed by atoms with Crippen molar-refractivity contribution in [3.8, 4) is 0 Å². The van der Waals surface area contributed by atoms with Crippen LogP contribution in [-0.2, 0) is 6.42 Å². The van der Waals surface area contributed by atoms with Gasteiger partial charge in [-0.2, -0.15) is 0 Å². The van der Waals surface area contributed by atoms with Crippen LogP contribution in [0.2, 0.25) is 0 Å². The van der Waals surface area contributed by atoms with Gasteiger partial charge in [0.2, 0.25) is 0 Å². The van der Waals surface area contributed by atoms with Gasteiger partial charge < -0.3 is 5.32 Å². The Kier molecular flexibility index (Phi) is 4.50. The van der Waals surface area contributed by atoms with Gasteiger partial charge in [0.25, 0.3) is 0 Å². The average Bonchev–Trinajstić information content (AvgIpc) is 2.84. The molecule has 2 nitrogen and oxygen atoms in total. The van der Waals surface area contributed by atoms with E-state index < -0.39 is 0 Å². The Bertz CT molecular complexity index is 505. The highest BCUT2D eigenvalue weighted by Crippen LogP contribution is 2.30. The Hall–Kier alpha value is -1.19. The molecule has 0 radical (unpaired) electrons. The molecular weight excluding hydrogens is 240 g/mol. The maximum atomic E-state index is 4.32. The minimum atomic E-state index is 0.275. The van der Waals surface area contributed by atoms with Crippen molar-refractivity contribution in [1.29, 1.82) is 0 Å². The van der Waals surface area contributed by atoms with E-state index in [1.165, 1.54) is 21.6 Å². The van der Waals surface area contributed by atoms with E-state index in [-0.39, 0.29) is 6.04 Å². The van der Waals surface area contributed by atoms with Crippen molar-refractivity contribution in [2.75, 3.05) is 6.54 Å². The van der Waals surface area contributed by atoms with Gasteiger partial charge in [-0.05, 0) is 48.0 Å². The maximum absolute atomic E-state index is 4.32. The largest absolute Gasteiger partial charge is 0.306 e. The molecule has 0 aliphatic carbocycles. The number of hydrogen-bond acceptors (Lipinski definition) is 3. The van der Waals surface area contributed by atoms with E-state index in [0.717, 1.165) is 13.0 Å². The van der Waals surface area contributed by atoms with Crippen molar-refractivity contribution < 1.29 is 0 Å². The van der Waals surface area contributed by atoms with Crippen LogP contribution in [0.1, 0.15) is 41.5 Å². The third kappa shape index (κ3) is 2.79. The standard InChI is InChI=1S/C15H20N2S/c1-4-12-6-7-18-15(12)14(17-5-2)13-8-11(3)9-16-10-13/h6-10,14,17H,4-5H2,1-3H3. The SMILES string of the molecule is CCNC(c1cncc(C)c1)c1sccc1CC. The van der Waals surface area contributed by atoms with Gasteiger partial charge in [0.05, 0.1) is 6.04 Å². The van der Waals surface area contributed by atoms with E-state index in [1.54, 1.807) is 0 Å². The van der Waals surface area contributed by atoms with Crippen LogP contribution in [0.3, 0.4) is 0 Å². The van der Waals surface area contributed by atoms with Gasteiger partial charge in [-0.25, -0.2) is 0 Å². The zero-order valence-electron chi connectivity index (χ0n) is 11.2. The van der Waals surface area contributed by atoms with E-state index in [4.69, 9.17) is 0 Å². The van der Waals surface area contributed by atoms with Crippen molar-refractivity contribution in [3.05, 3.63) is 51.5 Å². The number of rotatable bonds is 5. The predicted molar refractivity (Wildman–Crippen MR) is 78.2 cm³/mol. The van der Waals surface area contributed by atoms with Crippen LogP contribution in [0.15, 0.2) is 29.9 Å². The summed E-state index contributed by atoms with van der Waals surface area (Å²) in [6, 6.07) is 4.73. The number of nitrogens with zero attached hydrogens (tertiary/aromatic N) is 1. The zero-order valence-corrected chi connectivity index (χ0v) is 12.1. The van der Waals surface area contributed by atoms with Crippen LogP contribution in [0.25, 0.3) is 0 Å².